The molecular formula is C14H9Cl2N3O2. The maximum absolute atomic E-state index is 5.82. The van der Waals surface area contributed by atoms with Crippen LogP contribution >= 0.6 is 23.2 Å². The van der Waals surface area contributed by atoms with E-state index in [0.717, 1.165) is 0 Å². The van der Waals surface area contributed by atoms with Gasteiger partial charge in [-0.2, -0.15) is 0 Å². The summed E-state index contributed by atoms with van der Waals surface area (Å²) in [7, 11) is 0. The molecular weight excluding hydrogens is 313 g/mol. The topological polar surface area (TPSA) is 61.0 Å². The van der Waals surface area contributed by atoms with Crippen molar-refractivity contribution in [1.82, 2.24) is 15.2 Å². The molecule has 5 nitrogen and oxygen atoms in total. The summed E-state index contributed by atoms with van der Waals surface area (Å²) in [6.45, 7) is 0.162. The number of halogens is 2. The van der Waals surface area contributed by atoms with Crippen molar-refractivity contribution < 1.29 is 9.15 Å². The van der Waals surface area contributed by atoms with Crippen LogP contribution < -0.4 is 4.74 Å². The lowest BCUT2D eigenvalue weighted by atomic mass is 10.3. The van der Waals surface area contributed by atoms with Gasteiger partial charge in [0.05, 0.1) is 0 Å². The Labute approximate surface area is 130 Å². The van der Waals surface area contributed by atoms with Gasteiger partial charge in [-0.3, -0.25) is 0 Å². The van der Waals surface area contributed by atoms with Crippen LogP contribution in [0.15, 0.2) is 46.9 Å². The van der Waals surface area contributed by atoms with E-state index in [9.17, 15) is 0 Å². The van der Waals surface area contributed by atoms with Gasteiger partial charge in [0.15, 0.2) is 6.61 Å². The van der Waals surface area contributed by atoms with Crippen LogP contribution in [0.3, 0.4) is 0 Å². The molecule has 106 valence electrons. The third kappa shape index (κ3) is 3.51. The number of nitrogens with zero attached hydrogens (tertiary/aromatic N) is 3. The van der Waals surface area contributed by atoms with Crippen molar-refractivity contribution in [2.45, 2.75) is 6.61 Å². The molecule has 21 heavy (non-hydrogen) atoms. The van der Waals surface area contributed by atoms with Gasteiger partial charge in [0.2, 0.25) is 0 Å². The first-order chi connectivity index (χ1) is 10.2. The summed E-state index contributed by atoms with van der Waals surface area (Å²) in [6.07, 6.45) is 0. The second kappa shape index (κ2) is 6.11. The SMILES string of the molecule is Clc1ccc(OCc2nnc(-c3cccc(Cl)n3)o2)cc1. The Morgan fingerprint density at radius 1 is 1.00 bits per heavy atom. The summed E-state index contributed by atoms with van der Waals surface area (Å²) in [6, 6.07) is 12.2. The molecule has 0 aliphatic carbocycles. The van der Waals surface area contributed by atoms with Crippen molar-refractivity contribution in [3.8, 4) is 17.3 Å². The van der Waals surface area contributed by atoms with Gasteiger partial charge in [-0.05, 0) is 36.4 Å². The number of ether oxygens (including phenoxy) is 1. The predicted molar refractivity (Wildman–Crippen MR) is 78.3 cm³/mol. The molecule has 0 fully saturated rings. The maximum atomic E-state index is 5.82. The molecule has 1 aromatic carbocycles. The van der Waals surface area contributed by atoms with Crippen LogP contribution in [-0.4, -0.2) is 15.2 Å². The van der Waals surface area contributed by atoms with Crippen molar-refractivity contribution in [2.75, 3.05) is 0 Å². The molecule has 3 rings (SSSR count). The molecule has 3 aromatic rings. The number of benzene rings is 1. The van der Waals surface area contributed by atoms with Gasteiger partial charge < -0.3 is 9.15 Å². The lowest BCUT2D eigenvalue weighted by molar-refractivity contribution is 0.264. The summed E-state index contributed by atoms with van der Waals surface area (Å²) in [5, 5.41) is 8.83. The maximum Gasteiger partial charge on any atom is 0.266 e. The van der Waals surface area contributed by atoms with Crippen molar-refractivity contribution in [1.29, 1.82) is 0 Å². The minimum absolute atomic E-state index is 0.162. The summed E-state index contributed by atoms with van der Waals surface area (Å²) in [5.74, 6) is 1.31. The summed E-state index contributed by atoms with van der Waals surface area (Å²) < 4.78 is 11.0. The van der Waals surface area contributed by atoms with Gasteiger partial charge in [0, 0.05) is 5.02 Å². The van der Waals surface area contributed by atoms with Gasteiger partial charge in [-0.1, -0.05) is 29.3 Å². The molecule has 0 unspecified atom stereocenters. The zero-order valence-electron chi connectivity index (χ0n) is 10.7. The molecule has 2 aromatic heterocycles. The van der Waals surface area contributed by atoms with E-state index >= 15 is 0 Å². The molecule has 0 bridgehead atoms. The first kappa shape index (κ1) is 13.9. The van der Waals surface area contributed by atoms with Gasteiger partial charge in [0.1, 0.15) is 16.6 Å². The van der Waals surface area contributed by atoms with Crippen LogP contribution in [0.25, 0.3) is 11.6 Å². The van der Waals surface area contributed by atoms with Crippen LogP contribution in [0.2, 0.25) is 10.2 Å². The number of rotatable bonds is 4. The van der Waals surface area contributed by atoms with Crippen molar-refractivity contribution in [3.63, 3.8) is 0 Å². The summed E-state index contributed by atoms with van der Waals surface area (Å²) in [4.78, 5) is 4.10. The Balaban J connectivity index is 1.69. The highest BCUT2D eigenvalue weighted by Gasteiger charge is 2.10. The van der Waals surface area contributed by atoms with Crippen LogP contribution in [0.4, 0.5) is 0 Å². The minimum atomic E-state index is 0.162. The van der Waals surface area contributed by atoms with E-state index in [0.29, 0.717) is 33.4 Å². The van der Waals surface area contributed by atoms with Gasteiger partial charge in [0.25, 0.3) is 11.8 Å². The molecule has 0 aliphatic heterocycles. The van der Waals surface area contributed by atoms with E-state index in [-0.39, 0.29) is 6.61 Å². The predicted octanol–water partition coefficient (Wildman–Crippen LogP) is 4.02. The Bertz CT molecular complexity index is 744. The number of aromatic nitrogens is 3. The van der Waals surface area contributed by atoms with Crippen LogP contribution in [0, 0.1) is 0 Å². The second-order valence-corrected chi connectivity index (χ2v) is 4.91. The van der Waals surface area contributed by atoms with E-state index in [4.69, 9.17) is 32.4 Å². The Kier molecular flexibility index (Phi) is 4.03. The molecule has 0 spiro atoms. The van der Waals surface area contributed by atoms with E-state index in [2.05, 4.69) is 15.2 Å². The highest BCUT2D eigenvalue weighted by Crippen LogP contribution is 2.19. The molecule has 0 saturated carbocycles. The smallest absolute Gasteiger partial charge is 0.266 e. The quantitative estimate of drug-likeness (QED) is 0.679. The average molecular weight is 322 g/mol. The number of hydrogen-bond donors (Lipinski definition) is 0. The largest absolute Gasteiger partial charge is 0.484 e. The standard InChI is InChI=1S/C14H9Cl2N3O2/c15-9-4-6-10(7-5-9)20-8-13-18-19-14(21-13)11-2-1-3-12(16)17-11/h1-7H,8H2. The third-order valence-corrected chi connectivity index (χ3v) is 3.04. The van der Waals surface area contributed by atoms with Crippen LogP contribution in [0.5, 0.6) is 5.75 Å². The molecule has 0 saturated heterocycles. The number of pyridine rings is 1. The van der Waals surface area contributed by atoms with Gasteiger partial charge in [-0.25, -0.2) is 4.98 Å². The lowest BCUT2D eigenvalue weighted by Gasteiger charge is -2.02. The lowest BCUT2D eigenvalue weighted by Crippen LogP contribution is -1.95. The van der Waals surface area contributed by atoms with Gasteiger partial charge in [-0.15, -0.1) is 10.2 Å². The van der Waals surface area contributed by atoms with E-state index < -0.39 is 0 Å². The molecule has 0 amide bonds. The average Bonchev–Trinajstić information content (AvgIpc) is 2.96. The molecule has 0 radical (unpaired) electrons. The fourth-order valence-corrected chi connectivity index (χ4v) is 1.91. The fraction of sp³-hybridized carbons (Fsp3) is 0.0714. The van der Waals surface area contributed by atoms with Crippen molar-refractivity contribution >= 4 is 23.2 Å². The minimum Gasteiger partial charge on any atom is -0.484 e. The van der Waals surface area contributed by atoms with Crippen LogP contribution in [0.1, 0.15) is 5.89 Å². The Morgan fingerprint density at radius 3 is 2.57 bits per heavy atom. The summed E-state index contributed by atoms with van der Waals surface area (Å²) >= 11 is 11.6. The van der Waals surface area contributed by atoms with E-state index in [1.54, 1.807) is 42.5 Å². The zero-order chi connectivity index (χ0) is 14.7. The molecule has 2 heterocycles. The first-order valence-electron chi connectivity index (χ1n) is 6.04. The fourth-order valence-electron chi connectivity index (χ4n) is 1.62. The Morgan fingerprint density at radius 2 is 1.81 bits per heavy atom. The molecule has 0 atom stereocenters. The third-order valence-electron chi connectivity index (χ3n) is 2.58. The molecule has 0 N–H and O–H groups in total. The first-order valence-corrected chi connectivity index (χ1v) is 6.80. The molecule has 0 aliphatic rings. The Hall–Kier alpha value is -2.11. The normalized spacial score (nSPS) is 10.6. The van der Waals surface area contributed by atoms with Crippen LogP contribution in [-0.2, 0) is 6.61 Å². The summed E-state index contributed by atoms with van der Waals surface area (Å²) in [5.41, 5.74) is 0.521. The molecule has 7 heteroatoms. The van der Waals surface area contributed by atoms with E-state index in [1.165, 1.54) is 0 Å². The van der Waals surface area contributed by atoms with Gasteiger partial charge >= 0.3 is 0 Å². The second-order valence-electron chi connectivity index (χ2n) is 4.09. The zero-order valence-corrected chi connectivity index (χ0v) is 12.2. The highest BCUT2D eigenvalue weighted by molar-refractivity contribution is 6.30. The van der Waals surface area contributed by atoms with E-state index in [1.807, 2.05) is 0 Å². The van der Waals surface area contributed by atoms with Crippen molar-refractivity contribution in [2.24, 2.45) is 0 Å². The highest BCUT2D eigenvalue weighted by atomic mass is 35.5. The monoisotopic (exact) mass is 321 g/mol. The van der Waals surface area contributed by atoms with Crippen molar-refractivity contribution in [3.05, 3.63) is 58.5 Å². The number of hydrogen-bond acceptors (Lipinski definition) is 5.